The minimum atomic E-state index is 0.580. The lowest BCUT2D eigenvalue weighted by molar-refractivity contribution is 0.813. The monoisotopic (exact) mass is 243 g/mol. The number of hydrogen-bond acceptors (Lipinski definition) is 5. The van der Waals surface area contributed by atoms with E-state index >= 15 is 0 Å². The van der Waals surface area contributed by atoms with Crippen LogP contribution in [-0.2, 0) is 13.5 Å². The predicted octanol–water partition coefficient (Wildman–Crippen LogP) is 0.719. The summed E-state index contributed by atoms with van der Waals surface area (Å²) in [7, 11) is 3.76. The molecule has 0 saturated carbocycles. The van der Waals surface area contributed by atoms with Crippen molar-refractivity contribution in [2.45, 2.75) is 6.42 Å². The van der Waals surface area contributed by atoms with Crippen LogP contribution in [0.5, 0.6) is 0 Å². The molecule has 0 saturated heterocycles. The Morgan fingerprint density at radius 3 is 3.00 bits per heavy atom. The third kappa shape index (κ3) is 1.69. The van der Waals surface area contributed by atoms with E-state index in [1.165, 1.54) is 0 Å². The molecule has 7 heteroatoms. The molecule has 0 bridgehead atoms. The Hall–Kier alpha value is -2.44. The van der Waals surface area contributed by atoms with Gasteiger partial charge in [0.05, 0.1) is 17.3 Å². The van der Waals surface area contributed by atoms with Crippen LogP contribution < -0.4 is 5.32 Å². The summed E-state index contributed by atoms with van der Waals surface area (Å²) in [5.74, 6) is 1.54. The van der Waals surface area contributed by atoms with Crippen molar-refractivity contribution in [2.75, 3.05) is 12.4 Å². The number of imidazole rings is 1. The van der Waals surface area contributed by atoms with Crippen LogP contribution in [0, 0.1) is 0 Å². The zero-order valence-electron chi connectivity index (χ0n) is 10.2. The highest BCUT2D eigenvalue weighted by molar-refractivity contribution is 5.77. The van der Waals surface area contributed by atoms with Crippen LogP contribution >= 0.6 is 0 Å². The van der Waals surface area contributed by atoms with Gasteiger partial charge >= 0.3 is 0 Å². The van der Waals surface area contributed by atoms with E-state index in [1.807, 2.05) is 17.8 Å². The zero-order chi connectivity index (χ0) is 12.5. The van der Waals surface area contributed by atoms with Gasteiger partial charge in [-0.25, -0.2) is 9.97 Å². The van der Waals surface area contributed by atoms with Crippen molar-refractivity contribution in [1.82, 2.24) is 29.7 Å². The third-order valence-electron chi connectivity index (χ3n) is 2.86. The lowest BCUT2D eigenvalue weighted by atomic mass is 10.2. The second kappa shape index (κ2) is 4.10. The summed E-state index contributed by atoms with van der Waals surface area (Å²) < 4.78 is 1.98. The van der Waals surface area contributed by atoms with E-state index in [2.05, 4.69) is 30.5 Å². The Morgan fingerprint density at radius 2 is 2.28 bits per heavy atom. The highest BCUT2D eigenvalue weighted by atomic mass is 15.2. The number of H-pyrrole nitrogens is 1. The van der Waals surface area contributed by atoms with Crippen molar-refractivity contribution >= 4 is 17.0 Å². The molecule has 2 N–H and O–H groups in total. The molecule has 92 valence electrons. The van der Waals surface area contributed by atoms with Gasteiger partial charge in [0.15, 0.2) is 5.65 Å². The fourth-order valence-electron chi connectivity index (χ4n) is 1.86. The first-order valence-corrected chi connectivity index (χ1v) is 5.62. The first kappa shape index (κ1) is 10.7. The molecule has 0 aliphatic heterocycles. The van der Waals surface area contributed by atoms with Crippen molar-refractivity contribution in [3.05, 3.63) is 30.1 Å². The second-order valence-corrected chi connectivity index (χ2v) is 4.01. The first-order chi connectivity index (χ1) is 8.78. The number of aromatic nitrogens is 6. The van der Waals surface area contributed by atoms with Crippen LogP contribution in [0.3, 0.4) is 0 Å². The number of fused-ring (bicyclic) bond motifs is 1. The Kier molecular flexibility index (Phi) is 2.44. The molecule has 7 nitrogen and oxygen atoms in total. The first-order valence-electron chi connectivity index (χ1n) is 5.62. The minimum Gasteiger partial charge on any atom is -0.357 e. The van der Waals surface area contributed by atoms with Crippen LogP contribution in [0.1, 0.15) is 11.5 Å². The van der Waals surface area contributed by atoms with E-state index in [-0.39, 0.29) is 0 Å². The Bertz CT molecular complexity index is 682. The van der Waals surface area contributed by atoms with Crippen molar-refractivity contribution in [3.8, 4) is 0 Å². The normalized spacial score (nSPS) is 11.0. The molecule has 0 aromatic carbocycles. The predicted molar refractivity (Wildman–Crippen MR) is 67.2 cm³/mol. The zero-order valence-corrected chi connectivity index (χ0v) is 10.2. The maximum absolute atomic E-state index is 4.47. The SMILES string of the molecule is CNc1nc(Cc2nccn2C)c2cn[nH]c2n1. The topological polar surface area (TPSA) is 84.3 Å². The van der Waals surface area contributed by atoms with Crippen LogP contribution in [0.25, 0.3) is 11.0 Å². The fourth-order valence-corrected chi connectivity index (χ4v) is 1.86. The average Bonchev–Trinajstić information content (AvgIpc) is 2.98. The minimum absolute atomic E-state index is 0.580. The van der Waals surface area contributed by atoms with Crippen LogP contribution in [-0.4, -0.2) is 36.8 Å². The molecule has 18 heavy (non-hydrogen) atoms. The molecule has 0 amide bonds. The summed E-state index contributed by atoms with van der Waals surface area (Å²) in [5, 5.41) is 10.7. The van der Waals surface area contributed by atoms with Crippen molar-refractivity contribution in [3.63, 3.8) is 0 Å². The van der Waals surface area contributed by atoms with E-state index in [0.717, 1.165) is 22.6 Å². The van der Waals surface area contributed by atoms with Crippen LogP contribution in [0.15, 0.2) is 18.6 Å². The van der Waals surface area contributed by atoms with Gasteiger partial charge in [0, 0.05) is 32.9 Å². The standard InChI is InChI=1S/C11H13N7/c1-12-11-15-8(5-9-13-3-4-18(9)2)7-6-14-17-10(7)16-11/h3-4,6H,5H2,1-2H3,(H2,12,14,15,16,17). The highest BCUT2D eigenvalue weighted by Gasteiger charge is 2.11. The number of aryl methyl sites for hydroxylation is 1. The smallest absolute Gasteiger partial charge is 0.224 e. The molecule has 3 rings (SSSR count). The van der Waals surface area contributed by atoms with Crippen molar-refractivity contribution < 1.29 is 0 Å². The summed E-state index contributed by atoms with van der Waals surface area (Å²) >= 11 is 0. The third-order valence-corrected chi connectivity index (χ3v) is 2.86. The Balaban J connectivity index is 2.10. The number of hydrogen-bond donors (Lipinski definition) is 2. The quantitative estimate of drug-likeness (QED) is 0.708. The van der Waals surface area contributed by atoms with Gasteiger partial charge in [0.2, 0.25) is 5.95 Å². The molecule has 0 atom stereocenters. The number of anilines is 1. The lowest BCUT2D eigenvalue weighted by Gasteiger charge is -2.05. The summed E-state index contributed by atoms with van der Waals surface area (Å²) in [5.41, 5.74) is 1.64. The van der Waals surface area contributed by atoms with E-state index in [0.29, 0.717) is 12.4 Å². The van der Waals surface area contributed by atoms with Gasteiger partial charge in [-0.2, -0.15) is 10.1 Å². The second-order valence-electron chi connectivity index (χ2n) is 4.01. The number of rotatable bonds is 3. The van der Waals surface area contributed by atoms with E-state index in [9.17, 15) is 0 Å². The van der Waals surface area contributed by atoms with Gasteiger partial charge in [0.1, 0.15) is 5.82 Å². The molecule has 0 unspecified atom stereocenters. The molecule has 0 spiro atoms. The molecule has 3 aromatic rings. The fraction of sp³-hybridized carbons (Fsp3) is 0.273. The number of nitrogens with zero attached hydrogens (tertiary/aromatic N) is 5. The molecular weight excluding hydrogens is 230 g/mol. The van der Waals surface area contributed by atoms with Gasteiger partial charge in [-0.1, -0.05) is 0 Å². The maximum Gasteiger partial charge on any atom is 0.224 e. The summed E-state index contributed by atoms with van der Waals surface area (Å²) in [6, 6.07) is 0. The van der Waals surface area contributed by atoms with Gasteiger partial charge in [-0.15, -0.1) is 0 Å². The summed E-state index contributed by atoms with van der Waals surface area (Å²) in [6.07, 6.45) is 6.09. The number of aromatic amines is 1. The Labute approximate surface area is 103 Å². The summed E-state index contributed by atoms with van der Waals surface area (Å²) in [4.78, 5) is 13.1. The van der Waals surface area contributed by atoms with E-state index in [1.54, 1.807) is 19.4 Å². The maximum atomic E-state index is 4.47. The highest BCUT2D eigenvalue weighted by Crippen LogP contribution is 2.17. The van der Waals surface area contributed by atoms with E-state index < -0.39 is 0 Å². The number of nitrogens with one attached hydrogen (secondary N) is 2. The van der Waals surface area contributed by atoms with E-state index in [4.69, 9.17) is 0 Å². The largest absolute Gasteiger partial charge is 0.357 e. The van der Waals surface area contributed by atoms with Gasteiger partial charge in [-0.3, -0.25) is 5.10 Å². The van der Waals surface area contributed by atoms with Crippen LogP contribution in [0.4, 0.5) is 5.95 Å². The molecule has 0 radical (unpaired) electrons. The lowest BCUT2D eigenvalue weighted by Crippen LogP contribution is -2.04. The average molecular weight is 243 g/mol. The van der Waals surface area contributed by atoms with Crippen molar-refractivity contribution in [2.24, 2.45) is 7.05 Å². The van der Waals surface area contributed by atoms with Gasteiger partial charge < -0.3 is 9.88 Å². The van der Waals surface area contributed by atoms with Crippen LogP contribution in [0.2, 0.25) is 0 Å². The van der Waals surface area contributed by atoms with Crippen molar-refractivity contribution in [1.29, 1.82) is 0 Å². The molecular formula is C11H13N7. The molecule has 0 aliphatic rings. The Morgan fingerprint density at radius 1 is 1.39 bits per heavy atom. The van der Waals surface area contributed by atoms with Gasteiger partial charge in [0.25, 0.3) is 0 Å². The van der Waals surface area contributed by atoms with Gasteiger partial charge in [-0.05, 0) is 0 Å². The summed E-state index contributed by atoms with van der Waals surface area (Å²) in [6.45, 7) is 0. The molecule has 3 heterocycles. The molecule has 3 aromatic heterocycles. The molecule has 0 fully saturated rings. The molecule has 0 aliphatic carbocycles.